The molecule has 0 radical (unpaired) electrons. The van der Waals surface area contributed by atoms with Gasteiger partial charge in [0.25, 0.3) is 5.91 Å². The lowest BCUT2D eigenvalue weighted by Gasteiger charge is -2.37. The smallest absolute Gasteiger partial charge is 0.414 e. The molecule has 1 spiro atoms. The van der Waals surface area contributed by atoms with E-state index in [0.717, 1.165) is 27.9 Å². The number of carbonyl (C=O) groups is 3. The first-order valence-electron chi connectivity index (χ1n) is 16.3. The maximum Gasteiger partial charge on any atom is 0.414 e. The Kier molecular flexibility index (Phi) is 7.98. The highest BCUT2D eigenvalue weighted by atomic mass is 28.4. The van der Waals surface area contributed by atoms with Crippen LogP contribution in [0.15, 0.2) is 72.8 Å². The van der Waals surface area contributed by atoms with Crippen molar-refractivity contribution >= 4 is 37.6 Å². The predicted molar refractivity (Wildman–Crippen MR) is 178 cm³/mol. The molecule has 3 aromatic carbocycles. The number of benzene rings is 3. The molecule has 5 atom stereocenters. The topological polar surface area (TPSA) is 120 Å². The number of cyclic esters (lactones) is 1. The minimum Gasteiger partial charge on any atom is -0.447 e. The van der Waals surface area contributed by atoms with Crippen LogP contribution >= 0.6 is 0 Å². The summed E-state index contributed by atoms with van der Waals surface area (Å²) in [6.07, 6.45) is -0.523. The normalized spacial score (nSPS) is 27.0. The molecule has 2 N–H and O–H groups in total. The second-order valence-electron chi connectivity index (χ2n) is 13.7. The third-order valence-corrected chi connectivity index (χ3v) is 13.0. The average Bonchev–Trinajstić information content (AvgIpc) is 3.69. The number of carbonyl (C=O) groups excluding carboxylic acids is 3. The number of nitrogens with zero attached hydrogens (tertiary/aromatic N) is 3. The van der Waals surface area contributed by atoms with Gasteiger partial charge in [0.1, 0.15) is 6.61 Å². The third-order valence-electron chi connectivity index (χ3n) is 10.5. The van der Waals surface area contributed by atoms with Crippen LogP contribution in [0.4, 0.5) is 16.2 Å². The molecular formula is C36H41N3O7Si. The molecule has 0 unspecified atom stereocenters. The SMILES string of the molecule is C[C@H]1[C@H]([Si](C)(C)O)[C@@H](CC(=O)N2Cc3ccccc3C[C@H]2CO)O[C@]12C(=O)N(Cc1cccc(N3CCOC3=O)c1)c1ccccc12. The number of hydrogen-bond acceptors (Lipinski definition) is 7. The number of amides is 3. The highest BCUT2D eigenvalue weighted by Crippen LogP contribution is 2.59. The first-order valence-corrected chi connectivity index (χ1v) is 19.4. The van der Waals surface area contributed by atoms with Crippen LogP contribution in [0.25, 0.3) is 0 Å². The number of ether oxygens (including phenoxy) is 2. The lowest BCUT2D eigenvalue weighted by Crippen LogP contribution is -2.48. The number of rotatable bonds is 7. The summed E-state index contributed by atoms with van der Waals surface area (Å²) in [6, 6.07) is 22.7. The standard InChI is InChI=1S/C36H41N3O7Si/c1-23-33(47(2,3)44)31(19-32(41)38-21-26-11-5-4-10-25(26)18-28(38)22-40)46-36(23)29-13-6-7-14-30(29)39(34(36)42)20-24-9-8-12-27(17-24)37-15-16-45-35(37)43/h4-14,17,23,28,31,33,40,44H,15-16,18-22H2,1-3H3/t23-,28-,31+,33-,36+/m0/s1. The van der Waals surface area contributed by atoms with Crippen molar-refractivity contribution in [2.75, 3.05) is 29.6 Å². The van der Waals surface area contributed by atoms with E-state index in [1.165, 1.54) is 0 Å². The van der Waals surface area contributed by atoms with E-state index in [1.807, 2.05) is 92.8 Å². The highest BCUT2D eigenvalue weighted by Gasteiger charge is 2.66. The van der Waals surface area contributed by atoms with Gasteiger partial charge in [-0.15, -0.1) is 0 Å². The molecule has 0 aromatic heterocycles. The first-order chi connectivity index (χ1) is 22.5. The largest absolute Gasteiger partial charge is 0.447 e. The zero-order valence-corrected chi connectivity index (χ0v) is 28.0. The monoisotopic (exact) mass is 655 g/mol. The van der Waals surface area contributed by atoms with Gasteiger partial charge in [-0.25, -0.2) is 4.79 Å². The Bertz CT molecular complexity index is 1730. The minimum atomic E-state index is -2.98. The maximum absolute atomic E-state index is 14.8. The van der Waals surface area contributed by atoms with Crippen LogP contribution in [0.1, 0.15) is 35.6 Å². The minimum absolute atomic E-state index is 0.00413. The van der Waals surface area contributed by atoms with Gasteiger partial charge in [0.05, 0.1) is 44.0 Å². The van der Waals surface area contributed by atoms with Crippen molar-refractivity contribution < 1.29 is 33.8 Å². The Labute approximate surface area is 275 Å². The van der Waals surface area contributed by atoms with Crippen LogP contribution in [0, 0.1) is 5.92 Å². The number of aliphatic hydroxyl groups excluding tert-OH is 1. The Hall–Kier alpha value is -4.03. The molecule has 0 saturated carbocycles. The molecule has 2 saturated heterocycles. The molecule has 246 valence electrons. The van der Waals surface area contributed by atoms with E-state index in [2.05, 4.69) is 0 Å². The van der Waals surface area contributed by atoms with E-state index >= 15 is 0 Å². The molecule has 10 nitrogen and oxygen atoms in total. The van der Waals surface area contributed by atoms with Gasteiger partial charge in [0.2, 0.25) is 5.91 Å². The van der Waals surface area contributed by atoms with Crippen molar-refractivity contribution in [2.45, 2.75) is 69.2 Å². The van der Waals surface area contributed by atoms with Crippen LogP contribution in [-0.2, 0) is 44.2 Å². The Morgan fingerprint density at radius 1 is 1.02 bits per heavy atom. The predicted octanol–water partition coefficient (Wildman–Crippen LogP) is 4.32. The molecule has 0 aliphatic carbocycles. The van der Waals surface area contributed by atoms with Crippen LogP contribution in [-0.4, -0.2) is 72.9 Å². The second kappa shape index (κ2) is 11.9. The Morgan fingerprint density at radius 2 is 1.77 bits per heavy atom. The van der Waals surface area contributed by atoms with Gasteiger partial charge in [-0.3, -0.25) is 14.5 Å². The number of hydrogen-bond donors (Lipinski definition) is 2. The quantitative estimate of drug-likeness (QED) is 0.364. The van der Waals surface area contributed by atoms with E-state index in [4.69, 9.17) is 9.47 Å². The first kappa shape index (κ1) is 31.6. The summed E-state index contributed by atoms with van der Waals surface area (Å²) < 4.78 is 12.0. The summed E-state index contributed by atoms with van der Waals surface area (Å²) in [5.41, 5.74) is 3.41. The molecule has 3 amide bonds. The van der Waals surface area contributed by atoms with Crippen molar-refractivity contribution in [1.82, 2.24) is 4.90 Å². The molecule has 4 heterocycles. The van der Waals surface area contributed by atoms with Gasteiger partial charge >= 0.3 is 6.09 Å². The van der Waals surface area contributed by atoms with Crippen LogP contribution in [0.3, 0.4) is 0 Å². The molecule has 47 heavy (non-hydrogen) atoms. The second-order valence-corrected chi connectivity index (χ2v) is 17.7. The number of anilines is 2. The van der Waals surface area contributed by atoms with Crippen molar-refractivity contribution in [3.05, 3.63) is 95.1 Å². The highest BCUT2D eigenvalue weighted by molar-refractivity contribution is 6.71. The zero-order valence-electron chi connectivity index (χ0n) is 27.0. The van der Waals surface area contributed by atoms with Gasteiger partial charge in [-0.2, -0.15) is 0 Å². The summed E-state index contributed by atoms with van der Waals surface area (Å²) >= 11 is 0. The van der Waals surface area contributed by atoms with E-state index in [1.54, 1.807) is 14.7 Å². The molecule has 3 aromatic rings. The average molecular weight is 656 g/mol. The maximum atomic E-state index is 14.8. The fourth-order valence-electron chi connectivity index (χ4n) is 8.35. The van der Waals surface area contributed by atoms with Gasteiger partial charge in [-0.05, 0) is 54.4 Å². The van der Waals surface area contributed by atoms with Crippen molar-refractivity contribution in [2.24, 2.45) is 5.92 Å². The van der Waals surface area contributed by atoms with Crippen molar-refractivity contribution in [3.63, 3.8) is 0 Å². The lowest BCUT2D eigenvalue weighted by atomic mass is 9.82. The van der Waals surface area contributed by atoms with Gasteiger partial charge in [-0.1, -0.05) is 61.5 Å². The molecule has 0 bridgehead atoms. The Balaban J connectivity index is 1.20. The van der Waals surface area contributed by atoms with Crippen molar-refractivity contribution in [3.8, 4) is 0 Å². The number of para-hydroxylation sites is 1. The summed E-state index contributed by atoms with van der Waals surface area (Å²) in [7, 11) is -2.98. The van der Waals surface area contributed by atoms with E-state index in [-0.39, 0.29) is 37.4 Å². The third kappa shape index (κ3) is 5.25. The fourth-order valence-corrected chi connectivity index (χ4v) is 10.9. The summed E-state index contributed by atoms with van der Waals surface area (Å²) in [5.74, 6) is -0.800. The molecule has 11 heteroatoms. The van der Waals surface area contributed by atoms with Crippen LogP contribution in [0.2, 0.25) is 18.6 Å². The summed E-state index contributed by atoms with van der Waals surface area (Å²) in [6.45, 7) is 6.95. The summed E-state index contributed by atoms with van der Waals surface area (Å²) in [4.78, 5) is 57.7. The molecule has 4 aliphatic rings. The number of fused-ring (bicyclic) bond motifs is 3. The Morgan fingerprint density at radius 3 is 2.49 bits per heavy atom. The van der Waals surface area contributed by atoms with Gasteiger partial charge < -0.3 is 29.2 Å². The van der Waals surface area contributed by atoms with Gasteiger partial charge in [0, 0.05) is 29.3 Å². The van der Waals surface area contributed by atoms with Crippen LogP contribution in [0.5, 0.6) is 0 Å². The molecule has 4 aliphatic heterocycles. The van der Waals surface area contributed by atoms with Crippen molar-refractivity contribution in [1.29, 1.82) is 0 Å². The van der Waals surface area contributed by atoms with Crippen LogP contribution < -0.4 is 9.80 Å². The van der Waals surface area contributed by atoms with Gasteiger partial charge in [0.15, 0.2) is 13.9 Å². The fraction of sp³-hybridized carbons (Fsp3) is 0.417. The molecule has 7 rings (SSSR count). The van der Waals surface area contributed by atoms with E-state index < -0.39 is 37.6 Å². The summed E-state index contributed by atoms with van der Waals surface area (Å²) in [5, 5.41) is 10.2. The molecular weight excluding hydrogens is 614 g/mol. The van der Waals surface area contributed by atoms with E-state index in [0.29, 0.717) is 31.8 Å². The lowest BCUT2D eigenvalue weighted by molar-refractivity contribution is -0.151. The zero-order chi connectivity index (χ0) is 33.1. The van der Waals surface area contributed by atoms with E-state index in [9.17, 15) is 24.3 Å². The number of aliphatic hydroxyl groups is 1. The molecule has 2 fully saturated rings.